The summed E-state index contributed by atoms with van der Waals surface area (Å²) in [6.07, 6.45) is 4.64. The number of benzene rings is 1. The van der Waals surface area contributed by atoms with Gasteiger partial charge in [-0.3, -0.25) is 0 Å². The number of carbonyl (C=O) groups is 1. The Hall–Kier alpha value is -1.77. The lowest BCUT2D eigenvalue weighted by molar-refractivity contribution is -0.137. The van der Waals surface area contributed by atoms with E-state index in [1.54, 1.807) is 13.2 Å². The number of carbonyl (C=O) groups excluding carboxylic acids is 1. The minimum Gasteiger partial charge on any atom is -0.497 e. The van der Waals surface area contributed by atoms with Crippen LogP contribution in [0.1, 0.15) is 30.9 Å². The van der Waals surface area contributed by atoms with Gasteiger partial charge in [0.05, 0.1) is 13.7 Å². The summed E-state index contributed by atoms with van der Waals surface area (Å²) in [4.78, 5) is 11.5. The highest BCUT2D eigenvalue weighted by Gasteiger charge is 2.16. The maximum absolute atomic E-state index is 11.5. The van der Waals surface area contributed by atoms with Gasteiger partial charge in [-0.05, 0) is 55.0 Å². The first-order chi connectivity index (χ1) is 8.74. The first-order valence-electron chi connectivity index (χ1n) is 6.29. The van der Waals surface area contributed by atoms with Crippen molar-refractivity contribution in [3.63, 3.8) is 0 Å². The van der Waals surface area contributed by atoms with Crippen LogP contribution in [-0.2, 0) is 16.0 Å². The van der Waals surface area contributed by atoms with Crippen LogP contribution in [0.25, 0.3) is 5.57 Å². The second-order valence-electron chi connectivity index (χ2n) is 4.30. The van der Waals surface area contributed by atoms with Crippen LogP contribution in [-0.4, -0.2) is 19.7 Å². The van der Waals surface area contributed by atoms with Crippen molar-refractivity contribution in [3.8, 4) is 5.75 Å². The summed E-state index contributed by atoms with van der Waals surface area (Å²) in [6, 6.07) is 6.01. The summed E-state index contributed by atoms with van der Waals surface area (Å²) in [5.74, 6) is 0.613. The number of hydrogen-bond acceptors (Lipinski definition) is 3. The Labute approximate surface area is 107 Å². The van der Waals surface area contributed by atoms with Crippen molar-refractivity contribution in [1.82, 2.24) is 0 Å². The largest absolute Gasteiger partial charge is 0.497 e. The molecule has 1 aliphatic rings. The monoisotopic (exact) mass is 246 g/mol. The van der Waals surface area contributed by atoms with E-state index in [0.29, 0.717) is 6.61 Å². The number of fused-ring (bicyclic) bond motifs is 1. The van der Waals surface area contributed by atoms with Gasteiger partial charge >= 0.3 is 5.97 Å². The predicted molar refractivity (Wildman–Crippen MR) is 70.5 cm³/mol. The molecule has 18 heavy (non-hydrogen) atoms. The standard InChI is InChI=1S/C15H18O3/c1-3-18-15(16)10-12-6-4-5-11-9-13(17-2)7-8-14(11)12/h7-10H,3-6H2,1-2H3/b12-10-. The van der Waals surface area contributed by atoms with Crippen LogP contribution in [0.2, 0.25) is 0 Å². The van der Waals surface area contributed by atoms with Gasteiger partial charge in [-0.1, -0.05) is 6.07 Å². The number of ether oxygens (including phenoxy) is 2. The van der Waals surface area contributed by atoms with Gasteiger partial charge < -0.3 is 9.47 Å². The van der Waals surface area contributed by atoms with Gasteiger partial charge in [0.2, 0.25) is 0 Å². The molecule has 0 aliphatic heterocycles. The summed E-state index contributed by atoms with van der Waals surface area (Å²) in [5, 5.41) is 0. The number of allylic oxidation sites excluding steroid dienone is 1. The summed E-state index contributed by atoms with van der Waals surface area (Å²) in [6.45, 7) is 2.23. The van der Waals surface area contributed by atoms with E-state index in [0.717, 1.165) is 36.1 Å². The van der Waals surface area contributed by atoms with E-state index in [1.807, 2.05) is 25.1 Å². The first kappa shape index (κ1) is 12.7. The molecule has 0 saturated heterocycles. The van der Waals surface area contributed by atoms with Crippen molar-refractivity contribution >= 4 is 11.5 Å². The molecule has 1 aromatic carbocycles. The minimum atomic E-state index is -0.254. The molecule has 0 unspecified atom stereocenters. The number of rotatable bonds is 3. The Morgan fingerprint density at radius 1 is 1.39 bits per heavy atom. The van der Waals surface area contributed by atoms with Crippen molar-refractivity contribution in [2.75, 3.05) is 13.7 Å². The summed E-state index contributed by atoms with van der Waals surface area (Å²) >= 11 is 0. The van der Waals surface area contributed by atoms with Crippen molar-refractivity contribution in [2.24, 2.45) is 0 Å². The summed E-state index contributed by atoms with van der Waals surface area (Å²) in [5.41, 5.74) is 3.46. The fourth-order valence-corrected chi connectivity index (χ4v) is 2.30. The van der Waals surface area contributed by atoms with Crippen LogP contribution in [0.5, 0.6) is 5.75 Å². The van der Waals surface area contributed by atoms with Gasteiger partial charge in [0.1, 0.15) is 5.75 Å². The van der Waals surface area contributed by atoms with Gasteiger partial charge in [0.25, 0.3) is 0 Å². The van der Waals surface area contributed by atoms with Crippen molar-refractivity contribution < 1.29 is 14.3 Å². The highest BCUT2D eigenvalue weighted by atomic mass is 16.5. The van der Waals surface area contributed by atoms with Crippen molar-refractivity contribution in [3.05, 3.63) is 35.4 Å². The molecule has 0 heterocycles. The van der Waals surface area contributed by atoms with Crippen LogP contribution in [0.4, 0.5) is 0 Å². The lowest BCUT2D eigenvalue weighted by atomic mass is 9.87. The minimum absolute atomic E-state index is 0.254. The highest BCUT2D eigenvalue weighted by Crippen LogP contribution is 2.32. The van der Waals surface area contributed by atoms with Crippen LogP contribution >= 0.6 is 0 Å². The normalized spacial score (nSPS) is 16.2. The molecule has 0 aromatic heterocycles. The number of hydrogen-bond donors (Lipinski definition) is 0. The van der Waals surface area contributed by atoms with E-state index >= 15 is 0 Å². The fraction of sp³-hybridized carbons (Fsp3) is 0.400. The molecule has 3 nitrogen and oxygen atoms in total. The first-order valence-corrected chi connectivity index (χ1v) is 6.29. The number of esters is 1. The number of aryl methyl sites for hydroxylation is 1. The third-order valence-electron chi connectivity index (χ3n) is 3.13. The van der Waals surface area contributed by atoms with Crippen LogP contribution in [0.15, 0.2) is 24.3 Å². The molecule has 0 saturated carbocycles. The zero-order chi connectivity index (χ0) is 13.0. The molecule has 2 rings (SSSR count). The van der Waals surface area contributed by atoms with Crippen molar-refractivity contribution in [1.29, 1.82) is 0 Å². The van der Waals surface area contributed by atoms with E-state index in [1.165, 1.54) is 5.56 Å². The lowest BCUT2D eigenvalue weighted by Gasteiger charge is -2.19. The van der Waals surface area contributed by atoms with Gasteiger partial charge in [0, 0.05) is 6.08 Å². The third-order valence-corrected chi connectivity index (χ3v) is 3.13. The molecular weight excluding hydrogens is 228 g/mol. The van der Waals surface area contributed by atoms with E-state index in [4.69, 9.17) is 9.47 Å². The predicted octanol–water partition coefficient (Wildman–Crippen LogP) is 2.98. The molecule has 1 aliphatic carbocycles. The third kappa shape index (κ3) is 2.73. The molecule has 0 spiro atoms. The van der Waals surface area contributed by atoms with Crippen molar-refractivity contribution in [2.45, 2.75) is 26.2 Å². The molecule has 0 radical (unpaired) electrons. The topological polar surface area (TPSA) is 35.5 Å². The Morgan fingerprint density at radius 3 is 2.94 bits per heavy atom. The van der Waals surface area contributed by atoms with E-state index in [-0.39, 0.29) is 5.97 Å². The fourth-order valence-electron chi connectivity index (χ4n) is 2.30. The second-order valence-corrected chi connectivity index (χ2v) is 4.30. The molecule has 0 atom stereocenters. The Kier molecular flexibility index (Phi) is 4.03. The lowest BCUT2D eigenvalue weighted by Crippen LogP contribution is -2.06. The Bertz CT molecular complexity index is 475. The Balaban J connectivity index is 2.30. The maximum atomic E-state index is 11.5. The zero-order valence-electron chi connectivity index (χ0n) is 10.9. The summed E-state index contributed by atoms with van der Waals surface area (Å²) < 4.78 is 10.2. The van der Waals surface area contributed by atoms with Gasteiger partial charge in [-0.25, -0.2) is 4.79 Å². The van der Waals surface area contributed by atoms with Gasteiger partial charge in [-0.2, -0.15) is 0 Å². The van der Waals surface area contributed by atoms with Crippen LogP contribution in [0, 0.1) is 0 Å². The van der Waals surface area contributed by atoms with Gasteiger partial charge in [0.15, 0.2) is 0 Å². The molecule has 0 N–H and O–H groups in total. The summed E-state index contributed by atoms with van der Waals surface area (Å²) in [7, 11) is 1.67. The molecule has 96 valence electrons. The smallest absolute Gasteiger partial charge is 0.331 e. The molecule has 1 aromatic rings. The van der Waals surface area contributed by atoms with Gasteiger partial charge in [-0.15, -0.1) is 0 Å². The van der Waals surface area contributed by atoms with Crippen LogP contribution < -0.4 is 4.74 Å². The molecule has 0 fully saturated rings. The molecule has 0 bridgehead atoms. The Morgan fingerprint density at radius 2 is 2.22 bits per heavy atom. The average Bonchev–Trinajstić information content (AvgIpc) is 2.38. The zero-order valence-corrected chi connectivity index (χ0v) is 10.9. The maximum Gasteiger partial charge on any atom is 0.331 e. The van der Waals surface area contributed by atoms with Crippen LogP contribution in [0.3, 0.4) is 0 Å². The average molecular weight is 246 g/mol. The molecular formula is C15H18O3. The molecule has 0 amide bonds. The quantitative estimate of drug-likeness (QED) is 0.607. The second kappa shape index (κ2) is 5.71. The van der Waals surface area contributed by atoms with E-state index in [9.17, 15) is 4.79 Å². The SMILES string of the molecule is CCOC(=O)/C=C1/CCCc2cc(OC)ccc21. The van der Waals surface area contributed by atoms with E-state index in [2.05, 4.69) is 0 Å². The molecule has 3 heteroatoms. The van der Waals surface area contributed by atoms with E-state index < -0.39 is 0 Å². The highest BCUT2D eigenvalue weighted by molar-refractivity contribution is 5.92. The number of methoxy groups -OCH3 is 1.